The van der Waals surface area contributed by atoms with Gasteiger partial charge in [-0.15, -0.1) is 0 Å². The number of para-hydroxylation sites is 1. The first kappa shape index (κ1) is 22.2. The topological polar surface area (TPSA) is 70.6 Å². The van der Waals surface area contributed by atoms with E-state index in [4.69, 9.17) is 16.3 Å². The van der Waals surface area contributed by atoms with E-state index < -0.39 is 0 Å². The van der Waals surface area contributed by atoms with E-state index in [2.05, 4.69) is 49.4 Å². The molecule has 1 aliphatic heterocycles. The zero-order valence-electron chi connectivity index (χ0n) is 17.7. The quantitative estimate of drug-likeness (QED) is 0.410. The van der Waals surface area contributed by atoms with Gasteiger partial charge in [0.05, 0.1) is 18.6 Å². The molecule has 2 aromatic carbocycles. The van der Waals surface area contributed by atoms with Crippen LogP contribution in [0.5, 0.6) is 5.75 Å². The summed E-state index contributed by atoms with van der Waals surface area (Å²) in [5.41, 5.74) is 1.78. The molecule has 7 nitrogen and oxygen atoms in total. The molecular formula is C23H24ClN5O2S. The Bertz CT molecular complexity index is 1060. The maximum absolute atomic E-state index is 12.4. The van der Waals surface area contributed by atoms with Gasteiger partial charge < -0.3 is 19.9 Å². The second-order valence-corrected chi connectivity index (χ2v) is 8.57. The fourth-order valence-corrected chi connectivity index (χ4v) is 4.30. The van der Waals surface area contributed by atoms with E-state index in [9.17, 15) is 4.79 Å². The van der Waals surface area contributed by atoms with E-state index in [0.29, 0.717) is 21.6 Å². The van der Waals surface area contributed by atoms with Gasteiger partial charge in [-0.1, -0.05) is 41.6 Å². The Morgan fingerprint density at radius 3 is 2.59 bits per heavy atom. The van der Waals surface area contributed by atoms with Gasteiger partial charge in [-0.2, -0.15) is 0 Å². The van der Waals surface area contributed by atoms with Crippen molar-refractivity contribution in [3.05, 3.63) is 65.8 Å². The minimum atomic E-state index is -0.180. The van der Waals surface area contributed by atoms with E-state index in [1.165, 1.54) is 17.4 Å². The number of anilines is 3. The number of amides is 1. The van der Waals surface area contributed by atoms with Gasteiger partial charge in [0.15, 0.2) is 5.16 Å². The van der Waals surface area contributed by atoms with Crippen molar-refractivity contribution in [1.82, 2.24) is 9.97 Å². The highest BCUT2D eigenvalue weighted by molar-refractivity contribution is 7.99. The van der Waals surface area contributed by atoms with Crippen LogP contribution >= 0.6 is 23.4 Å². The Kier molecular flexibility index (Phi) is 7.34. The fourth-order valence-electron chi connectivity index (χ4n) is 3.50. The molecule has 1 aromatic heterocycles. The van der Waals surface area contributed by atoms with E-state index in [-0.39, 0.29) is 11.7 Å². The second kappa shape index (κ2) is 10.6. The molecule has 1 amide bonds. The van der Waals surface area contributed by atoms with Gasteiger partial charge in [0.1, 0.15) is 11.6 Å². The zero-order chi connectivity index (χ0) is 22.3. The summed E-state index contributed by atoms with van der Waals surface area (Å²) < 4.78 is 5.27. The number of carbonyl (C=O) groups is 1. The van der Waals surface area contributed by atoms with Crippen LogP contribution in [-0.4, -0.2) is 54.9 Å². The van der Waals surface area contributed by atoms with Crippen molar-refractivity contribution in [2.45, 2.75) is 5.16 Å². The van der Waals surface area contributed by atoms with Crippen molar-refractivity contribution in [2.24, 2.45) is 0 Å². The van der Waals surface area contributed by atoms with Gasteiger partial charge in [0.25, 0.3) is 0 Å². The van der Waals surface area contributed by atoms with Crippen LogP contribution in [0.4, 0.5) is 17.2 Å². The van der Waals surface area contributed by atoms with Crippen LogP contribution in [0.25, 0.3) is 0 Å². The molecule has 0 unspecified atom stereocenters. The zero-order valence-corrected chi connectivity index (χ0v) is 19.3. The number of methoxy groups -OCH3 is 1. The molecule has 0 aliphatic carbocycles. The lowest BCUT2D eigenvalue weighted by molar-refractivity contribution is -0.113. The summed E-state index contributed by atoms with van der Waals surface area (Å²) in [4.78, 5) is 26.0. The third kappa shape index (κ3) is 5.63. The number of aromatic nitrogens is 2. The lowest BCUT2D eigenvalue weighted by Gasteiger charge is -2.36. The monoisotopic (exact) mass is 469 g/mol. The molecule has 0 bridgehead atoms. The van der Waals surface area contributed by atoms with Gasteiger partial charge in [-0.05, 0) is 36.4 Å². The Balaban J connectivity index is 1.32. The van der Waals surface area contributed by atoms with Crippen molar-refractivity contribution in [3.8, 4) is 5.75 Å². The van der Waals surface area contributed by atoms with Crippen molar-refractivity contribution in [1.29, 1.82) is 0 Å². The predicted molar refractivity (Wildman–Crippen MR) is 130 cm³/mol. The Hall–Kier alpha value is -2.97. The van der Waals surface area contributed by atoms with E-state index in [0.717, 1.165) is 32.0 Å². The van der Waals surface area contributed by atoms with E-state index in [1.807, 2.05) is 12.1 Å². The first-order valence-electron chi connectivity index (χ1n) is 10.3. The van der Waals surface area contributed by atoms with Crippen LogP contribution in [0, 0.1) is 0 Å². The molecule has 4 rings (SSSR count). The number of piperazine rings is 1. The Morgan fingerprint density at radius 1 is 1.09 bits per heavy atom. The van der Waals surface area contributed by atoms with Crippen molar-refractivity contribution in [2.75, 3.05) is 54.2 Å². The lowest BCUT2D eigenvalue weighted by atomic mass is 10.2. The van der Waals surface area contributed by atoms with E-state index in [1.54, 1.807) is 31.5 Å². The number of thioether (sulfide) groups is 1. The first-order chi connectivity index (χ1) is 15.6. The van der Waals surface area contributed by atoms with E-state index >= 15 is 0 Å². The minimum Gasteiger partial charge on any atom is -0.495 e. The summed E-state index contributed by atoms with van der Waals surface area (Å²) in [6, 6.07) is 17.4. The summed E-state index contributed by atoms with van der Waals surface area (Å²) in [7, 11) is 1.55. The molecule has 0 atom stereocenters. The first-order valence-corrected chi connectivity index (χ1v) is 11.6. The van der Waals surface area contributed by atoms with Crippen molar-refractivity contribution in [3.63, 3.8) is 0 Å². The number of nitrogens with one attached hydrogen (secondary N) is 1. The molecule has 1 saturated heterocycles. The van der Waals surface area contributed by atoms with Crippen LogP contribution in [0.3, 0.4) is 0 Å². The van der Waals surface area contributed by atoms with Crippen molar-refractivity contribution >= 4 is 46.5 Å². The third-order valence-corrected chi connectivity index (χ3v) is 6.21. The van der Waals surface area contributed by atoms with Crippen LogP contribution < -0.4 is 19.9 Å². The Labute approximate surface area is 196 Å². The molecule has 1 aliphatic rings. The average Bonchev–Trinajstić information content (AvgIpc) is 2.84. The summed E-state index contributed by atoms with van der Waals surface area (Å²) in [6.07, 6.45) is 1.74. The van der Waals surface area contributed by atoms with Gasteiger partial charge >= 0.3 is 0 Å². The number of carbonyl (C=O) groups excluding carboxylic acids is 1. The number of halogens is 1. The summed E-state index contributed by atoms with van der Waals surface area (Å²) in [5.74, 6) is 1.44. The molecule has 1 fully saturated rings. The molecule has 0 radical (unpaired) electrons. The number of ether oxygens (including phenoxy) is 1. The fraction of sp³-hybridized carbons (Fsp3) is 0.261. The molecule has 2 heterocycles. The van der Waals surface area contributed by atoms with Crippen LogP contribution in [0.2, 0.25) is 5.02 Å². The molecule has 3 aromatic rings. The summed E-state index contributed by atoms with van der Waals surface area (Å²) in [6.45, 7) is 3.62. The summed E-state index contributed by atoms with van der Waals surface area (Å²) >= 11 is 7.32. The van der Waals surface area contributed by atoms with Gasteiger partial charge in [0, 0.05) is 43.1 Å². The third-order valence-electron chi connectivity index (χ3n) is 5.11. The largest absolute Gasteiger partial charge is 0.495 e. The number of benzene rings is 2. The molecule has 9 heteroatoms. The number of hydrogen-bond donors (Lipinski definition) is 1. The van der Waals surface area contributed by atoms with Gasteiger partial charge in [0.2, 0.25) is 5.91 Å². The molecule has 1 N–H and O–H groups in total. The highest BCUT2D eigenvalue weighted by atomic mass is 35.5. The standard InChI is InChI=1S/C23H24ClN5O2S/c1-31-20-8-7-17(24)15-19(20)26-22(30)16-32-23-25-10-9-21(27-23)29-13-11-28(12-14-29)18-5-3-2-4-6-18/h2-10,15H,11-14,16H2,1H3,(H,26,30). The highest BCUT2D eigenvalue weighted by Gasteiger charge is 2.19. The van der Waals surface area contributed by atoms with Crippen LogP contribution in [0.1, 0.15) is 0 Å². The van der Waals surface area contributed by atoms with Gasteiger partial charge in [-0.3, -0.25) is 4.79 Å². The SMILES string of the molecule is COc1ccc(Cl)cc1NC(=O)CSc1nccc(N2CCN(c3ccccc3)CC2)n1. The molecule has 32 heavy (non-hydrogen) atoms. The van der Waals surface area contributed by atoms with Crippen LogP contribution in [-0.2, 0) is 4.79 Å². The average molecular weight is 470 g/mol. The molecular weight excluding hydrogens is 446 g/mol. The summed E-state index contributed by atoms with van der Waals surface area (Å²) in [5, 5.41) is 3.93. The Morgan fingerprint density at radius 2 is 1.84 bits per heavy atom. The highest BCUT2D eigenvalue weighted by Crippen LogP contribution is 2.28. The number of rotatable bonds is 7. The van der Waals surface area contributed by atoms with Crippen LogP contribution in [0.15, 0.2) is 66.0 Å². The number of hydrogen-bond acceptors (Lipinski definition) is 7. The normalized spacial score (nSPS) is 13.7. The minimum absolute atomic E-state index is 0.180. The smallest absolute Gasteiger partial charge is 0.234 e. The molecule has 0 spiro atoms. The maximum Gasteiger partial charge on any atom is 0.234 e. The molecule has 166 valence electrons. The second-order valence-electron chi connectivity index (χ2n) is 7.19. The maximum atomic E-state index is 12.4. The van der Waals surface area contributed by atoms with Crippen molar-refractivity contribution < 1.29 is 9.53 Å². The number of nitrogens with zero attached hydrogens (tertiary/aromatic N) is 4. The predicted octanol–water partition coefficient (Wildman–Crippen LogP) is 4.20. The molecule has 0 saturated carbocycles. The van der Waals surface area contributed by atoms with Gasteiger partial charge in [-0.25, -0.2) is 9.97 Å². The lowest BCUT2D eigenvalue weighted by Crippen LogP contribution is -2.46.